The second-order valence-electron chi connectivity index (χ2n) is 3.82. The van der Waals surface area contributed by atoms with Crippen LogP contribution < -0.4 is 20.8 Å². The van der Waals surface area contributed by atoms with Gasteiger partial charge in [-0.1, -0.05) is 0 Å². The molecule has 1 aliphatic carbocycles. The minimum atomic E-state index is -0.348. The molecule has 0 saturated heterocycles. The molecule has 1 aromatic rings. The molecule has 0 radical (unpaired) electrons. The van der Waals surface area contributed by atoms with Crippen LogP contribution in [0.2, 0.25) is 0 Å². The van der Waals surface area contributed by atoms with Crippen molar-refractivity contribution in [3.8, 4) is 11.6 Å². The fraction of sp³-hybridized carbons (Fsp3) is 0.600. The van der Waals surface area contributed by atoms with Crippen LogP contribution in [0.15, 0.2) is 11.1 Å². The number of nitrogens with two attached hydrogens (primary N) is 1. The third-order valence-corrected chi connectivity index (χ3v) is 2.75. The van der Waals surface area contributed by atoms with Gasteiger partial charge in [-0.15, -0.1) is 0 Å². The number of ether oxygens (including phenoxy) is 2. The topological polar surface area (TPSA) is 90.2 Å². The standard InChI is InChI=1S/C10H15N3O3/c1-15-8-9(14)12-5-13-10(8)16-7-4-2-3-6(7)11/h5-7H,2-4,11H2,1H3,(H,12,13,14). The molecule has 2 atom stereocenters. The quantitative estimate of drug-likeness (QED) is 0.757. The minimum Gasteiger partial charge on any atom is -0.487 e. The van der Waals surface area contributed by atoms with Crippen molar-refractivity contribution in [1.29, 1.82) is 0 Å². The number of nitrogens with one attached hydrogen (secondary N) is 1. The Balaban J connectivity index is 2.20. The molecule has 6 nitrogen and oxygen atoms in total. The van der Waals surface area contributed by atoms with Gasteiger partial charge in [0, 0.05) is 6.04 Å². The average Bonchev–Trinajstić information content (AvgIpc) is 2.65. The van der Waals surface area contributed by atoms with E-state index in [9.17, 15) is 4.79 Å². The van der Waals surface area contributed by atoms with E-state index in [-0.39, 0.29) is 29.3 Å². The van der Waals surface area contributed by atoms with Crippen LogP contribution in [0, 0.1) is 0 Å². The van der Waals surface area contributed by atoms with Crippen molar-refractivity contribution in [1.82, 2.24) is 9.97 Å². The monoisotopic (exact) mass is 225 g/mol. The lowest BCUT2D eigenvalue weighted by molar-refractivity contribution is 0.174. The highest BCUT2D eigenvalue weighted by Gasteiger charge is 2.27. The maximum atomic E-state index is 11.4. The van der Waals surface area contributed by atoms with Crippen LogP contribution >= 0.6 is 0 Å². The molecule has 3 N–H and O–H groups in total. The van der Waals surface area contributed by atoms with Crippen molar-refractivity contribution in [2.45, 2.75) is 31.4 Å². The van der Waals surface area contributed by atoms with Crippen LogP contribution in [0.25, 0.3) is 0 Å². The van der Waals surface area contributed by atoms with Crippen molar-refractivity contribution in [2.75, 3.05) is 7.11 Å². The molecule has 0 aromatic carbocycles. The zero-order chi connectivity index (χ0) is 11.5. The van der Waals surface area contributed by atoms with E-state index in [0.29, 0.717) is 0 Å². The van der Waals surface area contributed by atoms with E-state index in [1.54, 1.807) is 0 Å². The molecule has 1 fully saturated rings. The zero-order valence-corrected chi connectivity index (χ0v) is 9.10. The molecule has 0 spiro atoms. The molecule has 0 amide bonds. The Morgan fingerprint density at radius 3 is 3.00 bits per heavy atom. The number of aromatic nitrogens is 2. The third kappa shape index (κ3) is 2.01. The van der Waals surface area contributed by atoms with Gasteiger partial charge in [0.2, 0.25) is 5.75 Å². The summed E-state index contributed by atoms with van der Waals surface area (Å²) in [6.07, 6.45) is 4.08. The maximum absolute atomic E-state index is 11.4. The second kappa shape index (κ2) is 4.52. The zero-order valence-electron chi connectivity index (χ0n) is 9.10. The van der Waals surface area contributed by atoms with Crippen molar-refractivity contribution >= 4 is 0 Å². The molecule has 0 aliphatic heterocycles. The van der Waals surface area contributed by atoms with Gasteiger partial charge in [-0.2, -0.15) is 0 Å². The first-order valence-corrected chi connectivity index (χ1v) is 5.26. The fourth-order valence-electron chi connectivity index (χ4n) is 1.88. The Morgan fingerprint density at radius 2 is 2.38 bits per heavy atom. The summed E-state index contributed by atoms with van der Waals surface area (Å²) in [6.45, 7) is 0. The van der Waals surface area contributed by atoms with Gasteiger partial charge in [-0.25, -0.2) is 4.98 Å². The summed E-state index contributed by atoms with van der Waals surface area (Å²) in [5.74, 6) is 0.315. The molecule has 0 bridgehead atoms. The van der Waals surface area contributed by atoms with Crippen molar-refractivity contribution < 1.29 is 9.47 Å². The van der Waals surface area contributed by atoms with Crippen LogP contribution in [0.4, 0.5) is 0 Å². The Bertz CT molecular complexity index is 418. The van der Waals surface area contributed by atoms with Gasteiger partial charge < -0.3 is 20.2 Å². The molecular formula is C10H15N3O3. The second-order valence-corrected chi connectivity index (χ2v) is 3.82. The first-order chi connectivity index (χ1) is 7.72. The average molecular weight is 225 g/mol. The molecule has 1 saturated carbocycles. The smallest absolute Gasteiger partial charge is 0.297 e. The Kier molecular flexibility index (Phi) is 3.09. The van der Waals surface area contributed by atoms with Gasteiger partial charge in [0.05, 0.1) is 13.4 Å². The first-order valence-electron chi connectivity index (χ1n) is 5.26. The highest BCUT2D eigenvalue weighted by atomic mass is 16.5. The first kappa shape index (κ1) is 10.9. The van der Waals surface area contributed by atoms with Crippen LogP contribution in [0.5, 0.6) is 11.6 Å². The normalized spacial score (nSPS) is 24.4. The van der Waals surface area contributed by atoms with Gasteiger partial charge in [-0.3, -0.25) is 4.79 Å². The third-order valence-electron chi connectivity index (χ3n) is 2.75. The number of hydrogen-bond donors (Lipinski definition) is 2. The lowest BCUT2D eigenvalue weighted by Gasteiger charge is -2.17. The van der Waals surface area contributed by atoms with E-state index in [2.05, 4.69) is 9.97 Å². The highest BCUT2D eigenvalue weighted by molar-refractivity contribution is 5.29. The van der Waals surface area contributed by atoms with Crippen LogP contribution in [-0.2, 0) is 0 Å². The predicted molar refractivity (Wildman–Crippen MR) is 57.7 cm³/mol. The summed E-state index contributed by atoms with van der Waals surface area (Å²) < 4.78 is 10.6. The predicted octanol–water partition coefficient (Wildman–Crippen LogP) is 0.0371. The van der Waals surface area contributed by atoms with E-state index < -0.39 is 0 Å². The number of aromatic amines is 1. The van der Waals surface area contributed by atoms with E-state index in [0.717, 1.165) is 19.3 Å². The van der Waals surface area contributed by atoms with Crippen molar-refractivity contribution in [2.24, 2.45) is 5.73 Å². The van der Waals surface area contributed by atoms with Crippen molar-refractivity contribution in [3.05, 3.63) is 16.7 Å². The lowest BCUT2D eigenvalue weighted by atomic mass is 10.2. The molecule has 6 heteroatoms. The number of hydrogen-bond acceptors (Lipinski definition) is 5. The van der Waals surface area contributed by atoms with E-state index in [1.807, 2.05) is 0 Å². The van der Waals surface area contributed by atoms with E-state index in [1.165, 1.54) is 13.4 Å². The molecule has 1 heterocycles. The number of H-pyrrole nitrogens is 1. The molecule has 88 valence electrons. The number of methoxy groups -OCH3 is 1. The largest absolute Gasteiger partial charge is 0.487 e. The van der Waals surface area contributed by atoms with Gasteiger partial charge in [0.1, 0.15) is 6.10 Å². The number of rotatable bonds is 3. The molecule has 1 aliphatic rings. The van der Waals surface area contributed by atoms with Crippen molar-refractivity contribution in [3.63, 3.8) is 0 Å². The SMILES string of the molecule is COc1c(OC2CCCC2N)nc[nH]c1=O. The van der Waals surface area contributed by atoms with Gasteiger partial charge >= 0.3 is 0 Å². The summed E-state index contributed by atoms with van der Waals surface area (Å²) in [4.78, 5) is 17.8. The summed E-state index contributed by atoms with van der Waals surface area (Å²) in [5, 5.41) is 0. The molecule has 16 heavy (non-hydrogen) atoms. The summed E-state index contributed by atoms with van der Waals surface area (Å²) in [6, 6.07) is 0.00536. The van der Waals surface area contributed by atoms with E-state index >= 15 is 0 Å². The summed E-state index contributed by atoms with van der Waals surface area (Å²) in [7, 11) is 1.41. The molecule has 2 unspecified atom stereocenters. The molecular weight excluding hydrogens is 210 g/mol. The summed E-state index contributed by atoms with van der Waals surface area (Å²) >= 11 is 0. The number of nitrogens with zero attached hydrogens (tertiary/aromatic N) is 1. The molecule has 1 aromatic heterocycles. The van der Waals surface area contributed by atoms with Crippen LogP contribution in [-0.4, -0.2) is 29.2 Å². The van der Waals surface area contributed by atoms with Gasteiger partial charge in [-0.05, 0) is 19.3 Å². The molecule has 2 rings (SSSR count). The Hall–Kier alpha value is -1.56. The van der Waals surface area contributed by atoms with Gasteiger partial charge in [0.25, 0.3) is 11.4 Å². The van der Waals surface area contributed by atoms with E-state index in [4.69, 9.17) is 15.2 Å². The summed E-state index contributed by atoms with van der Waals surface area (Å²) in [5.41, 5.74) is 5.53. The Morgan fingerprint density at radius 1 is 1.56 bits per heavy atom. The van der Waals surface area contributed by atoms with Crippen LogP contribution in [0.3, 0.4) is 0 Å². The maximum Gasteiger partial charge on any atom is 0.297 e. The Labute approximate surface area is 92.8 Å². The van der Waals surface area contributed by atoms with Crippen LogP contribution in [0.1, 0.15) is 19.3 Å². The highest BCUT2D eigenvalue weighted by Crippen LogP contribution is 2.25. The fourth-order valence-corrected chi connectivity index (χ4v) is 1.88. The lowest BCUT2D eigenvalue weighted by Crippen LogP contribution is -2.34. The van der Waals surface area contributed by atoms with Gasteiger partial charge in [0.15, 0.2) is 0 Å². The minimum absolute atomic E-state index is 0.00536.